The average molecular weight is 315 g/mol. The van der Waals surface area contributed by atoms with Gasteiger partial charge in [0.15, 0.2) is 28.6 Å². The number of aliphatic imine (C=N–C) groups is 1. The standard InChI is InChI=1S/C13H14N2O3S.ClH/c16-9(8-19-13-14-5-6-15-13)12-7-17-10-3-1-2-4-11(10)18-12;/h1-4,12H,5-8H2,(H,14,15);1H. The molecule has 0 saturated carbocycles. The van der Waals surface area contributed by atoms with Crippen LogP contribution < -0.4 is 14.8 Å². The van der Waals surface area contributed by atoms with E-state index in [1.54, 1.807) is 0 Å². The van der Waals surface area contributed by atoms with Crippen molar-refractivity contribution in [3.63, 3.8) is 0 Å². The van der Waals surface area contributed by atoms with Gasteiger partial charge in [-0.3, -0.25) is 9.79 Å². The van der Waals surface area contributed by atoms with Crippen LogP contribution in [0.15, 0.2) is 29.3 Å². The number of hydrogen-bond acceptors (Lipinski definition) is 6. The molecule has 0 aromatic heterocycles. The molecule has 1 aromatic carbocycles. The number of nitrogens with zero attached hydrogens (tertiary/aromatic N) is 1. The lowest BCUT2D eigenvalue weighted by Gasteiger charge is -2.25. The molecule has 0 saturated heterocycles. The summed E-state index contributed by atoms with van der Waals surface area (Å²) in [5.74, 6) is 1.70. The molecule has 3 rings (SSSR count). The Morgan fingerprint density at radius 3 is 2.95 bits per heavy atom. The summed E-state index contributed by atoms with van der Waals surface area (Å²) in [5, 5.41) is 3.96. The van der Waals surface area contributed by atoms with Crippen molar-refractivity contribution in [1.82, 2.24) is 5.32 Å². The number of para-hydroxylation sites is 2. The molecular weight excluding hydrogens is 300 g/mol. The van der Waals surface area contributed by atoms with E-state index in [1.165, 1.54) is 11.8 Å². The van der Waals surface area contributed by atoms with Gasteiger partial charge in [-0.15, -0.1) is 12.4 Å². The molecule has 108 valence electrons. The summed E-state index contributed by atoms with van der Waals surface area (Å²) in [5.41, 5.74) is 0. The fourth-order valence-electron chi connectivity index (χ4n) is 1.88. The Labute approximate surface area is 127 Å². The lowest BCUT2D eigenvalue weighted by atomic mass is 10.2. The van der Waals surface area contributed by atoms with Crippen molar-refractivity contribution in [1.29, 1.82) is 0 Å². The van der Waals surface area contributed by atoms with Crippen LogP contribution in [0.1, 0.15) is 0 Å². The number of amidine groups is 1. The molecule has 0 radical (unpaired) electrons. The monoisotopic (exact) mass is 314 g/mol. The number of thioether (sulfide) groups is 1. The first-order valence-electron chi connectivity index (χ1n) is 6.15. The molecule has 1 atom stereocenters. The van der Waals surface area contributed by atoms with E-state index in [4.69, 9.17) is 9.47 Å². The van der Waals surface area contributed by atoms with E-state index in [2.05, 4.69) is 10.3 Å². The van der Waals surface area contributed by atoms with Crippen molar-refractivity contribution >= 4 is 35.1 Å². The molecule has 5 nitrogen and oxygen atoms in total. The molecule has 0 spiro atoms. The molecule has 2 heterocycles. The summed E-state index contributed by atoms with van der Waals surface area (Å²) in [6.45, 7) is 1.91. The molecule has 20 heavy (non-hydrogen) atoms. The summed E-state index contributed by atoms with van der Waals surface area (Å²) in [6.07, 6.45) is -0.524. The highest BCUT2D eigenvalue weighted by atomic mass is 35.5. The van der Waals surface area contributed by atoms with Gasteiger partial charge in [0.2, 0.25) is 0 Å². The molecule has 1 aromatic rings. The maximum absolute atomic E-state index is 12.1. The van der Waals surface area contributed by atoms with Crippen LogP contribution in [0.25, 0.3) is 0 Å². The summed E-state index contributed by atoms with van der Waals surface area (Å²) < 4.78 is 11.2. The summed E-state index contributed by atoms with van der Waals surface area (Å²) in [7, 11) is 0. The number of ether oxygens (including phenoxy) is 2. The Balaban J connectivity index is 0.00000147. The van der Waals surface area contributed by atoms with Crippen LogP contribution in [0.5, 0.6) is 11.5 Å². The van der Waals surface area contributed by atoms with Gasteiger partial charge in [0.25, 0.3) is 0 Å². The van der Waals surface area contributed by atoms with E-state index in [-0.39, 0.29) is 24.8 Å². The SMILES string of the molecule is Cl.O=C(CSC1=NCCN1)C1COc2ccccc2O1. The minimum Gasteiger partial charge on any atom is -0.485 e. The highest BCUT2D eigenvalue weighted by Crippen LogP contribution is 2.31. The van der Waals surface area contributed by atoms with Gasteiger partial charge in [-0.25, -0.2) is 0 Å². The Morgan fingerprint density at radius 1 is 1.40 bits per heavy atom. The highest BCUT2D eigenvalue weighted by Gasteiger charge is 2.27. The molecule has 0 amide bonds. The molecule has 0 aliphatic carbocycles. The topological polar surface area (TPSA) is 59.9 Å². The molecule has 2 aliphatic heterocycles. The number of rotatable bonds is 3. The van der Waals surface area contributed by atoms with Gasteiger partial charge in [0.05, 0.1) is 12.3 Å². The largest absolute Gasteiger partial charge is 0.485 e. The third-order valence-electron chi connectivity index (χ3n) is 2.86. The molecular formula is C13H15ClN2O3S. The van der Waals surface area contributed by atoms with Crippen LogP contribution in [0.3, 0.4) is 0 Å². The number of Topliss-reactive ketones (excluding diaryl/α,β-unsaturated/α-hetero) is 1. The zero-order valence-electron chi connectivity index (χ0n) is 10.7. The van der Waals surface area contributed by atoms with Crippen molar-refractivity contribution in [3.8, 4) is 11.5 Å². The number of halogens is 1. The second-order valence-corrected chi connectivity index (χ2v) is 5.20. The normalized spacial score (nSPS) is 19.6. The zero-order chi connectivity index (χ0) is 13.1. The fraction of sp³-hybridized carbons (Fsp3) is 0.385. The van der Waals surface area contributed by atoms with E-state index in [9.17, 15) is 4.79 Å². The van der Waals surface area contributed by atoms with Gasteiger partial charge in [-0.2, -0.15) is 0 Å². The van der Waals surface area contributed by atoms with Crippen molar-refractivity contribution < 1.29 is 14.3 Å². The van der Waals surface area contributed by atoms with E-state index in [0.717, 1.165) is 18.3 Å². The molecule has 7 heteroatoms. The number of ketones is 1. The van der Waals surface area contributed by atoms with Crippen LogP contribution in [0, 0.1) is 0 Å². The van der Waals surface area contributed by atoms with Crippen molar-refractivity contribution in [2.75, 3.05) is 25.4 Å². The van der Waals surface area contributed by atoms with Gasteiger partial charge in [0, 0.05) is 6.54 Å². The molecule has 0 fully saturated rings. The Bertz CT molecular complexity index is 524. The zero-order valence-corrected chi connectivity index (χ0v) is 12.3. The molecule has 1 N–H and O–H groups in total. The Kier molecular flexibility index (Phi) is 5.14. The third kappa shape index (κ3) is 3.37. The summed E-state index contributed by atoms with van der Waals surface area (Å²) in [6, 6.07) is 7.39. The first-order valence-corrected chi connectivity index (χ1v) is 7.14. The second kappa shape index (κ2) is 6.85. The number of nitrogens with one attached hydrogen (secondary N) is 1. The van der Waals surface area contributed by atoms with E-state index in [0.29, 0.717) is 17.3 Å². The van der Waals surface area contributed by atoms with Crippen LogP contribution >= 0.6 is 24.2 Å². The predicted octanol–water partition coefficient (Wildman–Crippen LogP) is 1.51. The smallest absolute Gasteiger partial charge is 0.191 e. The first kappa shape index (κ1) is 15.0. The molecule has 2 aliphatic rings. The Morgan fingerprint density at radius 2 is 2.20 bits per heavy atom. The minimum atomic E-state index is -0.524. The maximum atomic E-state index is 12.1. The lowest BCUT2D eigenvalue weighted by Crippen LogP contribution is -2.38. The number of hydrogen-bond donors (Lipinski definition) is 1. The van der Waals surface area contributed by atoms with E-state index < -0.39 is 6.10 Å². The van der Waals surface area contributed by atoms with Gasteiger partial charge in [0.1, 0.15) is 6.61 Å². The quantitative estimate of drug-likeness (QED) is 0.916. The average Bonchev–Trinajstić information content (AvgIpc) is 2.97. The summed E-state index contributed by atoms with van der Waals surface area (Å²) in [4.78, 5) is 16.3. The van der Waals surface area contributed by atoms with Gasteiger partial charge >= 0.3 is 0 Å². The third-order valence-corrected chi connectivity index (χ3v) is 3.84. The van der Waals surface area contributed by atoms with Gasteiger partial charge in [-0.1, -0.05) is 23.9 Å². The second-order valence-electron chi connectivity index (χ2n) is 4.23. The van der Waals surface area contributed by atoms with Crippen LogP contribution in [0.2, 0.25) is 0 Å². The first-order chi connectivity index (χ1) is 9.33. The lowest BCUT2D eigenvalue weighted by molar-refractivity contribution is -0.125. The molecule has 0 bridgehead atoms. The fourth-order valence-corrected chi connectivity index (χ4v) is 2.74. The van der Waals surface area contributed by atoms with Gasteiger partial charge in [-0.05, 0) is 12.1 Å². The van der Waals surface area contributed by atoms with Crippen molar-refractivity contribution in [2.24, 2.45) is 4.99 Å². The Hall–Kier alpha value is -1.40. The number of carbonyl (C=O) groups is 1. The van der Waals surface area contributed by atoms with Crippen molar-refractivity contribution in [3.05, 3.63) is 24.3 Å². The van der Waals surface area contributed by atoms with Crippen molar-refractivity contribution in [2.45, 2.75) is 6.10 Å². The van der Waals surface area contributed by atoms with Crippen LogP contribution in [-0.2, 0) is 4.79 Å². The predicted molar refractivity (Wildman–Crippen MR) is 81.4 cm³/mol. The molecule has 1 unspecified atom stereocenters. The van der Waals surface area contributed by atoms with Gasteiger partial charge < -0.3 is 14.8 Å². The van der Waals surface area contributed by atoms with Crippen LogP contribution in [-0.4, -0.2) is 42.5 Å². The minimum absolute atomic E-state index is 0. The summed E-state index contributed by atoms with van der Waals surface area (Å²) >= 11 is 1.42. The number of carbonyl (C=O) groups excluding carboxylic acids is 1. The maximum Gasteiger partial charge on any atom is 0.191 e. The number of benzene rings is 1. The van der Waals surface area contributed by atoms with E-state index in [1.807, 2.05) is 24.3 Å². The highest BCUT2D eigenvalue weighted by molar-refractivity contribution is 8.14. The number of fused-ring (bicyclic) bond motifs is 1. The van der Waals surface area contributed by atoms with Crippen LogP contribution in [0.4, 0.5) is 0 Å². The van der Waals surface area contributed by atoms with E-state index >= 15 is 0 Å².